The van der Waals surface area contributed by atoms with E-state index < -0.39 is 6.04 Å². The van der Waals surface area contributed by atoms with E-state index in [1.54, 1.807) is 4.90 Å². The molecule has 0 saturated heterocycles. The van der Waals surface area contributed by atoms with E-state index in [4.69, 9.17) is 14.2 Å². The fourth-order valence-electron chi connectivity index (χ4n) is 4.32. The standard InChI is InChI=1S/C28H26N4O3/c1-4-34-23-15-13-22(14-16-23)32-19(3)24(25(29-28(32)33)20-10-6-5-7-11-20)27-30-26(31-35-27)21-12-8-9-18(2)17-21/h5-17,25H,4H2,1-3H3,(H,29,33). The molecule has 0 fully saturated rings. The maximum atomic E-state index is 13.3. The van der Waals surface area contributed by atoms with E-state index in [9.17, 15) is 4.79 Å². The SMILES string of the molecule is CCOc1ccc(N2C(=O)NC(c3ccccc3)C(c3nc(-c4cccc(C)c4)no3)=C2C)cc1. The van der Waals surface area contributed by atoms with E-state index in [2.05, 4.69) is 10.5 Å². The van der Waals surface area contributed by atoms with E-state index in [1.807, 2.05) is 99.6 Å². The van der Waals surface area contributed by atoms with Crippen LogP contribution in [-0.4, -0.2) is 22.8 Å². The fourth-order valence-corrected chi connectivity index (χ4v) is 4.32. The third-order valence-electron chi connectivity index (χ3n) is 5.96. The highest BCUT2D eigenvalue weighted by Crippen LogP contribution is 2.39. The molecule has 1 aliphatic heterocycles. The molecule has 1 atom stereocenters. The zero-order valence-electron chi connectivity index (χ0n) is 19.9. The Balaban J connectivity index is 1.61. The maximum Gasteiger partial charge on any atom is 0.326 e. The maximum absolute atomic E-state index is 13.3. The Bertz CT molecular complexity index is 1380. The monoisotopic (exact) mass is 466 g/mol. The van der Waals surface area contributed by atoms with Crippen LogP contribution in [0.2, 0.25) is 0 Å². The minimum absolute atomic E-state index is 0.234. The summed E-state index contributed by atoms with van der Waals surface area (Å²) in [6, 6.07) is 24.5. The molecule has 1 aliphatic rings. The summed E-state index contributed by atoms with van der Waals surface area (Å²) in [6.07, 6.45) is 0. The highest BCUT2D eigenvalue weighted by Gasteiger charge is 2.36. The molecule has 35 heavy (non-hydrogen) atoms. The molecule has 5 rings (SSSR count). The number of aromatic nitrogens is 2. The second-order valence-electron chi connectivity index (χ2n) is 8.35. The van der Waals surface area contributed by atoms with Crippen molar-refractivity contribution in [3.8, 4) is 17.1 Å². The van der Waals surface area contributed by atoms with Crippen molar-refractivity contribution in [2.45, 2.75) is 26.8 Å². The molecule has 1 aromatic heterocycles. The van der Waals surface area contributed by atoms with Crippen LogP contribution < -0.4 is 15.0 Å². The Morgan fingerprint density at radius 1 is 1.00 bits per heavy atom. The molecule has 7 nitrogen and oxygen atoms in total. The first-order valence-corrected chi connectivity index (χ1v) is 11.6. The van der Waals surface area contributed by atoms with Gasteiger partial charge in [0.2, 0.25) is 5.82 Å². The van der Waals surface area contributed by atoms with Crippen molar-refractivity contribution in [3.63, 3.8) is 0 Å². The van der Waals surface area contributed by atoms with Gasteiger partial charge >= 0.3 is 6.03 Å². The van der Waals surface area contributed by atoms with Crippen LogP contribution in [0.1, 0.15) is 36.9 Å². The van der Waals surface area contributed by atoms with Crippen LogP contribution in [0.25, 0.3) is 17.0 Å². The summed E-state index contributed by atoms with van der Waals surface area (Å²) < 4.78 is 11.3. The first-order valence-electron chi connectivity index (χ1n) is 11.6. The number of nitrogens with one attached hydrogen (secondary N) is 1. The summed E-state index contributed by atoms with van der Waals surface area (Å²) in [4.78, 5) is 19.7. The lowest BCUT2D eigenvalue weighted by Gasteiger charge is -2.35. The summed E-state index contributed by atoms with van der Waals surface area (Å²) in [6.45, 7) is 6.43. The van der Waals surface area contributed by atoms with Gasteiger partial charge in [-0.3, -0.25) is 4.90 Å². The largest absolute Gasteiger partial charge is 0.494 e. The number of urea groups is 1. The number of allylic oxidation sites excluding steroid dienone is 1. The third kappa shape index (κ3) is 4.40. The van der Waals surface area contributed by atoms with Crippen LogP contribution in [0.4, 0.5) is 10.5 Å². The molecule has 0 aliphatic carbocycles. The van der Waals surface area contributed by atoms with Crippen molar-refractivity contribution < 1.29 is 14.1 Å². The Morgan fingerprint density at radius 3 is 2.49 bits per heavy atom. The molecule has 0 radical (unpaired) electrons. The summed E-state index contributed by atoms with van der Waals surface area (Å²) in [7, 11) is 0. The van der Waals surface area contributed by atoms with E-state index in [1.165, 1.54) is 0 Å². The zero-order valence-corrected chi connectivity index (χ0v) is 19.9. The lowest BCUT2D eigenvalue weighted by atomic mass is 9.94. The number of hydrogen-bond acceptors (Lipinski definition) is 5. The molecule has 3 aromatic carbocycles. The molecule has 2 heterocycles. The molecule has 0 saturated carbocycles. The average Bonchev–Trinajstić information content (AvgIpc) is 3.35. The van der Waals surface area contributed by atoms with E-state index in [0.717, 1.165) is 28.0 Å². The van der Waals surface area contributed by atoms with Crippen LogP contribution in [0.3, 0.4) is 0 Å². The number of aryl methyl sites for hydroxylation is 1. The van der Waals surface area contributed by atoms with Crippen molar-refractivity contribution in [1.29, 1.82) is 0 Å². The predicted octanol–water partition coefficient (Wildman–Crippen LogP) is 6.15. The summed E-state index contributed by atoms with van der Waals surface area (Å²) in [5.41, 5.74) is 5.08. The third-order valence-corrected chi connectivity index (χ3v) is 5.96. The van der Waals surface area contributed by atoms with Crippen LogP contribution in [0.5, 0.6) is 5.75 Å². The number of rotatable bonds is 6. The lowest BCUT2D eigenvalue weighted by molar-refractivity contribution is 0.244. The molecule has 176 valence electrons. The average molecular weight is 467 g/mol. The van der Waals surface area contributed by atoms with Crippen LogP contribution in [-0.2, 0) is 0 Å². The van der Waals surface area contributed by atoms with Crippen molar-refractivity contribution in [3.05, 3.63) is 102 Å². The molecule has 4 aromatic rings. The fraction of sp³-hybridized carbons (Fsp3) is 0.179. The number of amides is 2. The molecule has 0 bridgehead atoms. The second-order valence-corrected chi connectivity index (χ2v) is 8.35. The van der Waals surface area contributed by atoms with Crippen LogP contribution >= 0.6 is 0 Å². The van der Waals surface area contributed by atoms with Gasteiger partial charge in [0.1, 0.15) is 5.75 Å². The van der Waals surface area contributed by atoms with Crippen molar-refractivity contribution >= 4 is 17.3 Å². The normalized spacial score (nSPS) is 15.8. The van der Waals surface area contributed by atoms with Crippen LogP contribution in [0.15, 0.2) is 89.1 Å². The van der Waals surface area contributed by atoms with Gasteiger partial charge in [0, 0.05) is 11.3 Å². The van der Waals surface area contributed by atoms with Gasteiger partial charge < -0.3 is 14.6 Å². The van der Waals surface area contributed by atoms with Gasteiger partial charge in [-0.2, -0.15) is 4.98 Å². The Morgan fingerprint density at radius 2 is 1.77 bits per heavy atom. The number of ether oxygens (including phenoxy) is 1. The summed E-state index contributed by atoms with van der Waals surface area (Å²) in [5, 5.41) is 7.37. The van der Waals surface area contributed by atoms with Gasteiger partial charge in [-0.15, -0.1) is 0 Å². The Labute approximate surface area is 204 Å². The number of benzene rings is 3. The quantitative estimate of drug-likeness (QED) is 0.369. The summed E-state index contributed by atoms with van der Waals surface area (Å²) >= 11 is 0. The molecular formula is C28H26N4O3. The Kier molecular flexibility index (Phi) is 6.06. The van der Waals surface area contributed by atoms with Gasteiger partial charge in [-0.25, -0.2) is 4.79 Å². The van der Waals surface area contributed by atoms with Gasteiger partial charge in [-0.05, 0) is 56.7 Å². The van der Waals surface area contributed by atoms with Gasteiger partial charge in [0.25, 0.3) is 5.89 Å². The van der Waals surface area contributed by atoms with Gasteiger partial charge in [0.15, 0.2) is 0 Å². The number of carbonyl (C=O) groups is 1. The minimum atomic E-state index is -0.437. The summed E-state index contributed by atoms with van der Waals surface area (Å²) in [5.74, 6) is 1.61. The smallest absolute Gasteiger partial charge is 0.326 e. The number of carbonyl (C=O) groups excluding carboxylic acids is 1. The Hall–Kier alpha value is -4.39. The van der Waals surface area contributed by atoms with Crippen molar-refractivity contribution in [2.75, 3.05) is 11.5 Å². The number of nitrogens with zero attached hydrogens (tertiary/aromatic N) is 3. The van der Waals surface area contributed by atoms with Gasteiger partial charge in [-0.1, -0.05) is 59.3 Å². The first kappa shape index (κ1) is 22.4. The number of anilines is 1. The highest BCUT2D eigenvalue weighted by molar-refractivity contribution is 6.01. The topological polar surface area (TPSA) is 80.5 Å². The van der Waals surface area contributed by atoms with E-state index >= 15 is 0 Å². The van der Waals surface area contributed by atoms with E-state index in [-0.39, 0.29) is 6.03 Å². The predicted molar refractivity (Wildman–Crippen MR) is 135 cm³/mol. The molecule has 1 unspecified atom stereocenters. The first-order chi connectivity index (χ1) is 17.0. The number of hydrogen-bond donors (Lipinski definition) is 1. The lowest BCUT2D eigenvalue weighted by Crippen LogP contribution is -2.46. The minimum Gasteiger partial charge on any atom is -0.494 e. The highest BCUT2D eigenvalue weighted by atomic mass is 16.5. The molecule has 0 spiro atoms. The zero-order chi connectivity index (χ0) is 24.4. The molecular weight excluding hydrogens is 440 g/mol. The second kappa shape index (κ2) is 9.46. The van der Waals surface area contributed by atoms with Crippen LogP contribution in [0, 0.1) is 6.92 Å². The van der Waals surface area contributed by atoms with E-state index in [0.29, 0.717) is 29.7 Å². The van der Waals surface area contributed by atoms with Gasteiger partial charge in [0.05, 0.1) is 23.9 Å². The molecule has 1 N–H and O–H groups in total. The molecule has 2 amide bonds. The van der Waals surface area contributed by atoms with Crippen molar-refractivity contribution in [1.82, 2.24) is 15.5 Å². The molecule has 7 heteroatoms. The van der Waals surface area contributed by atoms with Crippen molar-refractivity contribution in [2.24, 2.45) is 0 Å².